The van der Waals surface area contributed by atoms with Crippen molar-refractivity contribution in [3.8, 4) is 5.75 Å². The molecule has 0 bridgehead atoms. The number of amides is 1. The molecule has 21 heavy (non-hydrogen) atoms. The highest BCUT2D eigenvalue weighted by atomic mass is 16.5. The Bertz CT molecular complexity index is 667. The number of aromatic nitrogens is 1. The molecule has 0 aliphatic carbocycles. The first-order valence-electron chi connectivity index (χ1n) is 6.50. The molecule has 0 saturated heterocycles. The third-order valence-electron chi connectivity index (χ3n) is 3.10. The van der Waals surface area contributed by atoms with Gasteiger partial charge in [0.05, 0.1) is 13.3 Å². The Labute approximate surface area is 123 Å². The number of carbonyl (C=O) groups excluding carboxylic acids is 1. The van der Waals surface area contributed by atoms with Gasteiger partial charge in [0.25, 0.3) is 5.91 Å². The van der Waals surface area contributed by atoms with Crippen LogP contribution in [0.4, 0.5) is 0 Å². The number of rotatable bonds is 4. The van der Waals surface area contributed by atoms with Crippen molar-refractivity contribution >= 4 is 12.1 Å². The highest BCUT2D eigenvalue weighted by Crippen LogP contribution is 2.21. The van der Waals surface area contributed by atoms with Crippen molar-refractivity contribution < 1.29 is 9.53 Å². The van der Waals surface area contributed by atoms with Crippen molar-refractivity contribution in [2.24, 2.45) is 5.10 Å². The van der Waals surface area contributed by atoms with Gasteiger partial charge in [0, 0.05) is 18.0 Å². The van der Waals surface area contributed by atoms with Crippen LogP contribution in [-0.4, -0.2) is 24.2 Å². The summed E-state index contributed by atoms with van der Waals surface area (Å²) in [6.45, 7) is 3.93. The van der Waals surface area contributed by atoms with E-state index in [9.17, 15) is 4.79 Å². The van der Waals surface area contributed by atoms with Crippen LogP contribution in [0.1, 0.15) is 27.0 Å². The summed E-state index contributed by atoms with van der Waals surface area (Å²) in [5.74, 6) is 0.571. The summed E-state index contributed by atoms with van der Waals surface area (Å²) in [5.41, 5.74) is 5.99. The summed E-state index contributed by atoms with van der Waals surface area (Å²) in [6.07, 6.45) is 4.76. The second kappa shape index (κ2) is 6.65. The maximum atomic E-state index is 11.8. The van der Waals surface area contributed by atoms with Gasteiger partial charge in [-0.05, 0) is 54.8 Å². The fourth-order valence-electron chi connectivity index (χ4n) is 1.90. The molecule has 1 aromatic heterocycles. The molecular weight excluding hydrogens is 266 g/mol. The molecule has 1 heterocycles. The van der Waals surface area contributed by atoms with Crippen molar-refractivity contribution in [1.29, 1.82) is 0 Å². The van der Waals surface area contributed by atoms with Crippen LogP contribution in [0.5, 0.6) is 5.75 Å². The molecule has 0 aliphatic heterocycles. The lowest BCUT2D eigenvalue weighted by Gasteiger charge is -2.08. The van der Waals surface area contributed by atoms with Gasteiger partial charge in [-0.15, -0.1) is 0 Å². The highest BCUT2D eigenvalue weighted by Gasteiger charge is 2.04. The summed E-state index contributed by atoms with van der Waals surface area (Å²) in [5, 5.41) is 3.99. The third kappa shape index (κ3) is 3.66. The van der Waals surface area contributed by atoms with Gasteiger partial charge < -0.3 is 4.74 Å². The average molecular weight is 283 g/mol. The van der Waals surface area contributed by atoms with Crippen molar-refractivity contribution in [1.82, 2.24) is 10.4 Å². The monoisotopic (exact) mass is 283 g/mol. The molecule has 0 radical (unpaired) electrons. The Morgan fingerprint density at radius 2 is 1.95 bits per heavy atom. The zero-order valence-electron chi connectivity index (χ0n) is 12.3. The number of nitrogens with zero attached hydrogens (tertiary/aromatic N) is 2. The smallest absolute Gasteiger partial charge is 0.271 e. The van der Waals surface area contributed by atoms with Crippen molar-refractivity contribution in [3.63, 3.8) is 0 Å². The van der Waals surface area contributed by atoms with Crippen molar-refractivity contribution in [2.45, 2.75) is 13.8 Å². The summed E-state index contributed by atoms with van der Waals surface area (Å²) in [6, 6.07) is 7.18. The lowest BCUT2D eigenvalue weighted by atomic mass is 10.1. The zero-order valence-corrected chi connectivity index (χ0v) is 12.3. The molecule has 5 nitrogen and oxygen atoms in total. The molecule has 0 fully saturated rings. The number of methoxy groups -OCH3 is 1. The normalized spacial score (nSPS) is 10.6. The van der Waals surface area contributed by atoms with E-state index in [1.165, 1.54) is 0 Å². The standard InChI is InChI=1S/C16H17N3O2/c1-11-9-15(21-3)12(2)8-14(11)10-18-19-16(20)13-4-6-17-7-5-13/h4-10H,1-3H3,(H,19,20)/b18-10+. The quantitative estimate of drug-likeness (QED) is 0.692. The summed E-state index contributed by atoms with van der Waals surface area (Å²) in [4.78, 5) is 15.7. The first kappa shape index (κ1) is 14.7. The number of nitrogens with one attached hydrogen (secondary N) is 1. The summed E-state index contributed by atoms with van der Waals surface area (Å²) in [7, 11) is 1.64. The first-order valence-corrected chi connectivity index (χ1v) is 6.50. The fourth-order valence-corrected chi connectivity index (χ4v) is 1.90. The molecular formula is C16H17N3O2. The van der Waals surface area contributed by atoms with Crippen LogP contribution in [0.3, 0.4) is 0 Å². The fraction of sp³-hybridized carbons (Fsp3) is 0.188. The minimum atomic E-state index is -0.267. The number of pyridine rings is 1. The van der Waals surface area contributed by atoms with Crippen molar-refractivity contribution in [2.75, 3.05) is 7.11 Å². The molecule has 0 aliphatic rings. The molecule has 1 amide bonds. The second-order valence-corrected chi connectivity index (χ2v) is 4.61. The van der Waals surface area contributed by atoms with Crippen LogP contribution in [-0.2, 0) is 0 Å². The Morgan fingerprint density at radius 1 is 1.24 bits per heavy atom. The zero-order chi connectivity index (χ0) is 15.2. The maximum Gasteiger partial charge on any atom is 0.271 e. The van der Waals surface area contributed by atoms with Crippen LogP contribution >= 0.6 is 0 Å². The largest absolute Gasteiger partial charge is 0.496 e. The van der Waals surface area contributed by atoms with E-state index in [2.05, 4.69) is 15.5 Å². The molecule has 2 aromatic rings. The van der Waals surface area contributed by atoms with E-state index in [-0.39, 0.29) is 5.91 Å². The van der Waals surface area contributed by atoms with E-state index in [1.807, 2.05) is 26.0 Å². The van der Waals surface area contributed by atoms with Gasteiger partial charge in [-0.3, -0.25) is 9.78 Å². The molecule has 1 aromatic carbocycles. The number of carbonyl (C=O) groups is 1. The molecule has 0 unspecified atom stereocenters. The van der Waals surface area contributed by atoms with Gasteiger partial charge in [-0.1, -0.05) is 0 Å². The minimum absolute atomic E-state index is 0.267. The van der Waals surface area contributed by atoms with E-state index in [0.717, 1.165) is 22.4 Å². The topological polar surface area (TPSA) is 63.6 Å². The van der Waals surface area contributed by atoms with Crippen LogP contribution in [0.2, 0.25) is 0 Å². The number of benzene rings is 1. The van der Waals surface area contributed by atoms with Gasteiger partial charge in [0.15, 0.2) is 0 Å². The number of ether oxygens (including phenoxy) is 1. The lowest BCUT2D eigenvalue weighted by Crippen LogP contribution is -2.17. The van der Waals surface area contributed by atoms with Crippen LogP contribution in [0.15, 0.2) is 41.8 Å². The molecule has 2 rings (SSSR count). The Kier molecular flexibility index (Phi) is 4.66. The van der Waals surface area contributed by atoms with E-state index < -0.39 is 0 Å². The molecule has 108 valence electrons. The Balaban J connectivity index is 2.08. The van der Waals surface area contributed by atoms with E-state index in [4.69, 9.17) is 4.74 Å². The van der Waals surface area contributed by atoms with Gasteiger partial charge in [-0.2, -0.15) is 5.10 Å². The maximum absolute atomic E-state index is 11.8. The van der Waals surface area contributed by atoms with Crippen molar-refractivity contribution in [3.05, 3.63) is 58.9 Å². The number of hydrazone groups is 1. The molecule has 0 spiro atoms. The van der Waals surface area contributed by atoms with Gasteiger partial charge in [0.1, 0.15) is 5.75 Å². The molecule has 0 atom stereocenters. The summed E-state index contributed by atoms with van der Waals surface area (Å²) < 4.78 is 5.26. The predicted octanol–water partition coefficient (Wildman–Crippen LogP) is 2.47. The highest BCUT2D eigenvalue weighted by molar-refractivity contribution is 5.94. The van der Waals surface area contributed by atoms with Gasteiger partial charge in [-0.25, -0.2) is 5.43 Å². The number of hydrogen-bond acceptors (Lipinski definition) is 4. The van der Waals surface area contributed by atoms with E-state index >= 15 is 0 Å². The van der Waals surface area contributed by atoms with Crippen LogP contribution < -0.4 is 10.2 Å². The average Bonchev–Trinajstić information content (AvgIpc) is 2.51. The predicted molar refractivity (Wildman–Crippen MR) is 81.8 cm³/mol. The van der Waals surface area contributed by atoms with E-state index in [1.54, 1.807) is 37.9 Å². The van der Waals surface area contributed by atoms with Gasteiger partial charge >= 0.3 is 0 Å². The lowest BCUT2D eigenvalue weighted by molar-refractivity contribution is 0.0955. The molecule has 0 saturated carbocycles. The number of hydrogen-bond donors (Lipinski definition) is 1. The molecule has 1 N–H and O–H groups in total. The second-order valence-electron chi connectivity index (χ2n) is 4.61. The van der Waals surface area contributed by atoms with Crippen LogP contribution in [0.25, 0.3) is 0 Å². The van der Waals surface area contributed by atoms with Crippen LogP contribution in [0, 0.1) is 13.8 Å². The Morgan fingerprint density at radius 3 is 2.62 bits per heavy atom. The first-order chi connectivity index (χ1) is 10.1. The number of aryl methyl sites for hydroxylation is 2. The Hall–Kier alpha value is -2.69. The van der Waals surface area contributed by atoms with Gasteiger partial charge in [0.2, 0.25) is 0 Å². The summed E-state index contributed by atoms with van der Waals surface area (Å²) >= 11 is 0. The minimum Gasteiger partial charge on any atom is -0.496 e. The third-order valence-corrected chi connectivity index (χ3v) is 3.10. The SMILES string of the molecule is COc1cc(C)c(/C=N/NC(=O)c2ccncc2)cc1C. The van der Waals surface area contributed by atoms with E-state index in [0.29, 0.717) is 5.56 Å². The molecule has 5 heteroatoms.